The van der Waals surface area contributed by atoms with Crippen molar-refractivity contribution in [2.75, 3.05) is 9.80 Å². The molecule has 3 aliphatic rings. The lowest BCUT2D eigenvalue weighted by molar-refractivity contribution is 0.551. The van der Waals surface area contributed by atoms with Crippen LogP contribution in [0, 0.1) is 11.8 Å². The third kappa shape index (κ3) is 5.45. The zero-order chi connectivity index (χ0) is 41.6. The van der Waals surface area contributed by atoms with E-state index < -0.39 is 0 Å². The van der Waals surface area contributed by atoms with Crippen LogP contribution in [0.1, 0.15) is 61.8 Å². The number of fused-ring (bicyclic) bond motifs is 6. The number of benzene rings is 7. The maximum Gasteiger partial charge on any atom is 0.159 e. The number of furan rings is 2. The molecule has 0 saturated carbocycles. The van der Waals surface area contributed by atoms with Crippen molar-refractivity contribution in [3.63, 3.8) is 0 Å². The summed E-state index contributed by atoms with van der Waals surface area (Å²) < 4.78 is 13.6. The first-order valence-electron chi connectivity index (χ1n) is 22.0. The van der Waals surface area contributed by atoms with Crippen LogP contribution in [0.25, 0.3) is 56.0 Å². The quantitative estimate of drug-likeness (QED) is 0.153. The average Bonchev–Trinajstić information content (AvgIpc) is 3.89. The van der Waals surface area contributed by atoms with Gasteiger partial charge in [0, 0.05) is 50.3 Å². The molecule has 4 heteroatoms. The summed E-state index contributed by atoms with van der Waals surface area (Å²) in [6, 6.07) is 54.0. The number of nitrogens with zero attached hydrogens (tertiary/aromatic N) is 2. The summed E-state index contributed by atoms with van der Waals surface area (Å²) in [5.41, 5.74) is 18.2. The van der Waals surface area contributed by atoms with E-state index in [0.29, 0.717) is 5.92 Å². The van der Waals surface area contributed by atoms with Gasteiger partial charge in [-0.25, -0.2) is 0 Å². The highest BCUT2D eigenvalue weighted by atomic mass is 16.3. The summed E-state index contributed by atoms with van der Waals surface area (Å²) in [7, 11) is 0. The number of para-hydroxylation sites is 6. The highest BCUT2D eigenvalue weighted by Crippen LogP contribution is 2.58. The van der Waals surface area contributed by atoms with Gasteiger partial charge in [0.15, 0.2) is 11.2 Å². The molecule has 0 saturated heterocycles. The molecular formula is C58H46N2O2. The molecule has 9 aromatic rings. The van der Waals surface area contributed by atoms with Crippen molar-refractivity contribution in [3.8, 4) is 0 Å². The minimum atomic E-state index is 0.0885. The van der Waals surface area contributed by atoms with Crippen molar-refractivity contribution >= 4 is 84.5 Å². The molecule has 0 aliphatic heterocycles. The molecule has 62 heavy (non-hydrogen) atoms. The smallest absolute Gasteiger partial charge is 0.159 e. The first-order valence-corrected chi connectivity index (χ1v) is 22.0. The van der Waals surface area contributed by atoms with Crippen LogP contribution in [0.3, 0.4) is 0 Å². The van der Waals surface area contributed by atoms with E-state index in [4.69, 9.17) is 8.83 Å². The third-order valence-electron chi connectivity index (χ3n) is 13.4. The zero-order valence-electron chi connectivity index (χ0n) is 35.3. The third-order valence-corrected chi connectivity index (χ3v) is 13.4. The molecule has 7 aromatic carbocycles. The van der Waals surface area contributed by atoms with E-state index in [1.807, 2.05) is 0 Å². The minimum Gasteiger partial charge on any atom is -0.454 e. The average molecular weight is 803 g/mol. The molecule has 0 N–H and O–H groups in total. The van der Waals surface area contributed by atoms with Crippen molar-refractivity contribution in [3.05, 3.63) is 209 Å². The van der Waals surface area contributed by atoms with Crippen LogP contribution in [0.15, 0.2) is 196 Å². The Kier molecular flexibility index (Phi) is 8.33. The van der Waals surface area contributed by atoms with Crippen molar-refractivity contribution < 1.29 is 8.83 Å². The second-order valence-corrected chi connectivity index (χ2v) is 17.6. The molecule has 0 amide bonds. The first-order chi connectivity index (χ1) is 30.4. The van der Waals surface area contributed by atoms with Gasteiger partial charge in [-0.15, -0.1) is 0 Å². The summed E-state index contributed by atoms with van der Waals surface area (Å²) in [5.74, 6) is 0.883. The molecule has 0 fully saturated rings. The van der Waals surface area contributed by atoms with E-state index in [0.717, 1.165) is 72.3 Å². The van der Waals surface area contributed by atoms with Crippen molar-refractivity contribution in [1.82, 2.24) is 0 Å². The highest BCUT2D eigenvalue weighted by molar-refractivity contribution is 6.11. The summed E-state index contributed by atoms with van der Waals surface area (Å²) in [5, 5.41) is 4.48. The SMILES string of the molecule is CC(C)C1=CC(N(c2ccccc2)c2cccc3c2oc2ccccc23)=C2C=Cc3c(C(C)C)cc(N(c4ccccc4)c4cccc5c4oc4ccccc45)c4c3C2C1C=C4. The normalized spacial score (nSPS) is 16.6. The van der Waals surface area contributed by atoms with Crippen LogP contribution in [0.5, 0.6) is 0 Å². The summed E-state index contributed by atoms with van der Waals surface area (Å²) in [6.45, 7) is 9.37. The number of allylic oxidation sites excluding steroid dienone is 5. The Bertz CT molecular complexity index is 3380. The van der Waals surface area contributed by atoms with Crippen molar-refractivity contribution in [1.29, 1.82) is 0 Å². The van der Waals surface area contributed by atoms with Crippen LogP contribution >= 0.6 is 0 Å². The molecular weight excluding hydrogens is 757 g/mol. The Morgan fingerprint density at radius 1 is 0.484 bits per heavy atom. The maximum atomic E-state index is 6.79. The van der Waals surface area contributed by atoms with Gasteiger partial charge in [0.25, 0.3) is 0 Å². The van der Waals surface area contributed by atoms with Crippen LogP contribution in [-0.4, -0.2) is 0 Å². The summed E-state index contributed by atoms with van der Waals surface area (Å²) >= 11 is 0. The second kappa shape index (κ2) is 14.1. The van der Waals surface area contributed by atoms with Crippen LogP contribution in [0.4, 0.5) is 28.4 Å². The van der Waals surface area contributed by atoms with Crippen LogP contribution in [-0.2, 0) is 0 Å². The predicted molar refractivity (Wildman–Crippen MR) is 259 cm³/mol. The van der Waals surface area contributed by atoms with Gasteiger partial charge < -0.3 is 18.6 Å². The highest BCUT2D eigenvalue weighted by Gasteiger charge is 2.42. The zero-order valence-corrected chi connectivity index (χ0v) is 35.3. The van der Waals surface area contributed by atoms with E-state index in [1.165, 1.54) is 39.1 Å². The van der Waals surface area contributed by atoms with Gasteiger partial charge in [-0.2, -0.15) is 0 Å². The summed E-state index contributed by atoms with van der Waals surface area (Å²) in [4.78, 5) is 4.90. The Morgan fingerprint density at radius 3 is 1.63 bits per heavy atom. The van der Waals surface area contributed by atoms with E-state index in [2.05, 4.69) is 220 Å². The topological polar surface area (TPSA) is 32.8 Å². The second-order valence-electron chi connectivity index (χ2n) is 17.6. The van der Waals surface area contributed by atoms with E-state index >= 15 is 0 Å². The van der Waals surface area contributed by atoms with Gasteiger partial charge >= 0.3 is 0 Å². The fraction of sp³-hybridized carbons (Fsp3) is 0.138. The number of hydrogen-bond acceptors (Lipinski definition) is 4. The monoisotopic (exact) mass is 802 g/mol. The van der Waals surface area contributed by atoms with Gasteiger partial charge in [-0.05, 0) is 94.8 Å². The molecule has 0 spiro atoms. The van der Waals surface area contributed by atoms with E-state index in [-0.39, 0.29) is 17.8 Å². The molecule has 2 unspecified atom stereocenters. The lowest BCUT2D eigenvalue weighted by Crippen LogP contribution is -2.32. The van der Waals surface area contributed by atoms with Crippen LogP contribution in [0.2, 0.25) is 0 Å². The molecule has 2 aromatic heterocycles. The molecule has 2 atom stereocenters. The largest absolute Gasteiger partial charge is 0.454 e. The fourth-order valence-corrected chi connectivity index (χ4v) is 10.6. The lowest BCUT2D eigenvalue weighted by atomic mass is 9.63. The number of hydrogen-bond donors (Lipinski definition) is 0. The van der Waals surface area contributed by atoms with E-state index in [9.17, 15) is 0 Å². The van der Waals surface area contributed by atoms with E-state index in [1.54, 1.807) is 0 Å². The summed E-state index contributed by atoms with van der Waals surface area (Å²) in [6.07, 6.45) is 12.2. The van der Waals surface area contributed by atoms with Gasteiger partial charge in [0.2, 0.25) is 0 Å². The lowest BCUT2D eigenvalue weighted by Gasteiger charge is -2.44. The molecule has 4 nitrogen and oxygen atoms in total. The molecule has 2 heterocycles. The number of anilines is 5. The minimum absolute atomic E-state index is 0.0885. The Balaban J connectivity index is 1.14. The van der Waals surface area contributed by atoms with Gasteiger partial charge in [-0.1, -0.05) is 155 Å². The fourth-order valence-electron chi connectivity index (χ4n) is 10.6. The predicted octanol–water partition coefficient (Wildman–Crippen LogP) is 16.5. The molecule has 12 rings (SSSR count). The van der Waals surface area contributed by atoms with Gasteiger partial charge in [-0.3, -0.25) is 0 Å². The number of rotatable bonds is 8. The van der Waals surface area contributed by atoms with Gasteiger partial charge in [0.1, 0.15) is 11.2 Å². The Morgan fingerprint density at radius 2 is 1.03 bits per heavy atom. The standard InChI is InChI=1S/C58H46N2O2/c1-35(2)47-33-51(59(37-17-7-5-8-18-37)49-25-15-23-43-39-21-11-13-27-53(39)61-57(43)49)45-32-30-42-48(36(3)4)34-52(46-31-29-41(47)55(45)56(42)46)60(38-19-9-6-10-20-38)50-26-16-24-44-40-22-12-14-28-54(40)62-58(44)50/h5-36,41,55H,1-4H3. The Hall–Kier alpha value is -7.30. The van der Waals surface area contributed by atoms with Gasteiger partial charge in [0.05, 0.1) is 22.8 Å². The van der Waals surface area contributed by atoms with Crippen molar-refractivity contribution in [2.24, 2.45) is 11.8 Å². The van der Waals surface area contributed by atoms with Crippen LogP contribution < -0.4 is 9.80 Å². The molecule has 0 bridgehead atoms. The maximum absolute atomic E-state index is 6.79. The molecule has 300 valence electrons. The Labute approximate surface area is 362 Å². The van der Waals surface area contributed by atoms with Crippen molar-refractivity contribution in [2.45, 2.75) is 39.5 Å². The molecule has 0 radical (unpaired) electrons. The molecule has 3 aliphatic carbocycles. The first kappa shape index (κ1) is 36.5.